The first-order chi connectivity index (χ1) is 27.1. The molecular weight excluding hydrogens is 671 g/mol. The Kier molecular flexibility index (Phi) is 8.76. The van der Waals surface area contributed by atoms with Crippen LogP contribution < -0.4 is 0 Å². The predicted octanol–water partition coefficient (Wildman–Crippen LogP) is 12.3. The van der Waals surface area contributed by atoms with E-state index in [1.807, 2.05) is 97.2 Å². The first kappa shape index (κ1) is 33.3. The van der Waals surface area contributed by atoms with Crippen molar-refractivity contribution in [1.29, 1.82) is 5.26 Å². The number of nitrogens with zero attached hydrogens (tertiary/aromatic N) is 5. The fourth-order valence-corrected chi connectivity index (χ4v) is 7.05. The van der Waals surface area contributed by atoms with Crippen LogP contribution in [0.5, 0.6) is 0 Å². The summed E-state index contributed by atoms with van der Waals surface area (Å²) >= 11 is 0. The fourth-order valence-electron chi connectivity index (χ4n) is 7.05. The minimum absolute atomic E-state index is 0.625. The number of nitriles is 1. The summed E-state index contributed by atoms with van der Waals surface area (Å²) in [6, 6.07) is 62.3. The van der Waals surface area contributed by atoms with Gasteiger partial charge in [0.25, 0.3) is 0 Å². The van der Waals surface area contributed by atoms with E-state index < -0.39 is 0 Å². The maximum Gasteiger partial charge on any atom is 0.164 e. The van der Waals surface area contributed by atoms with E-state index in [0.29, 0.717) is 23.0 Å². The molecule has 0 fully saturated rings. The average Bonchev–Trinajstić information content (AvgIpc) is 3.26. The summed E-state index contributed by atoms with van der Waals surface area (Å²) in [6.45, 7) is 2.11. The highest BCUT2D eigenvalue weighted by Crippen LogP contribution is 2.35. The van der Waals surface area contributed by atoms with E-state index in [2.05, 4.69) is 103 Å². The smallest absolute Gasteiger partial charge is 0.164 e. The minimum Gasteiger partial charge on any atom is -0.256 e. The Hall–Kier alpha value is -7.55. The Morgan fingerprint density at radius 3 is 1.51 bits per heavy atom. The van der Waals surface area contributed by atoms with E-state index in [-0.39, 0.29) is 0 Å². The summed E-state index contributed by atoms with van der Waals surface area (Å²) in [7, 11) is 0. The SMILES string of the molecule is Cc1cc(-c2ccccn2)ccc1-c1cc(C#N)cc(-c2ccc3ccc(-c4ccc(-c5nc(-c6ccccc6)nc(-c6ccccc6)n5)cc4)cc3c2)c1. The second kappa shape index (κ2) is 14.5. The molecule has 2 aromatic heterocycles. The second-order valence-electron chi connectivity index (χ2n) is 13.5. The normalized spacial score (nSPS) is 11.0. The molecule has 0 aliphatic heterocycles. The zero-order chi connectivity index (χ0) is 37.1. The standard InChI is InChI=1S/C50H33N5/c1-33-26-42(47-14-8-9-25-52-47)23-24-46(33)45-28-34(32-51)27-43(31-45)41-22-18-36-17-21-40(29-44(36)30-41)35-15-19-39(20-16-35)50-54-48(37-10-4-2-5-11-37)53-49(55-50)38-12-6-3-7-13-38/h2-31H,1H3. The van der Waals surface area contributed by atoms with Crippen LogP contribution in [0.4, 0.5) is 0 Å². The van der Waals surface area contributed by atoms with Gasteiger partial charge in [0.2, 0.25) is 0 Å². The number of fused-ring (bicyclic) bond motifs is 1. The number of aromatic nitrogens is 4. The van der Waals surface area contributed by atoms with Gasteiger partial charge >= 0.3 is 0 Å². The number of pyridine rings is 1. The molecule has 0 atom stereocenters. The summed E-state index contributed by atoms with van der Waals surface area (Å²) in [4.78, 5) is 19.1. The molecule has 9 rings (SSSR count). The van der Waals surface area contributed by atoms with Gasteiger partial charge in [0, 0.05) is 28.5 Å². The molecule has 0 aliphatic rings. The molecule has 55 heavy (non-hydrogen) atoms. The van der Waals surface area contributed by atoms with Gasteiger partial charge in [0.1, 0.15) is 0 Å². The van der Waals surface area contributed by atoms with Crippen LogP contribution in [0.1, 0.15) is 11.1 Å². The third-order valence-corrected chi connectivity index (χ3v) is 9.91. The molecule has 5 nitrogen and oxygen atoms in total. The zero-order valence-electron chi connectivity index (χ0n) is 30.1. The summed E-state index contributed by atoms with van der Waals surface area (Å²) < 4.78 is 0. The largest absolute Gasteiger partial charge is 0.256 e. The van der Waals surface area contributed by atoms with Gasteiger partial charge in [-0.05, 0) is 105 Å². The number of benzene rings is 7. The third-order valence-electron chi connectivity index (χ3n) is 9.91. The summed E-state index contributed by atoms with van der Waals surface area (Å²) in [6.07, 6.45) is 1.81. The molecule has 0 aliphatic carbocycles. The van der Waals surface area contributed by atoms with Crippen molar-refractivity contribution in [3.63, 3.8) is 0 Å². The van der Waals surface area contributed by atoms with Crippen LogP contribution in [0.15, 0.2) is 182 Å². The number of rotatable bonds is 7. The average molecular weight is 704 g/mol. The lowest BCUT2D eigenvalue weighted by Crippen LogP contribution is -2.00. The molecule has 5 heteroatoms. The van der Waals surface area contributed by atoms with Crippen molar-refractivity contribution in [2.24, 2.45) is 0 Å². The lowest BCUT2D eigenvalue weighted by Gasteiger charge is -2.12. The zero-order valence-corrected chi connectivity index (χ0v) is 30.1. The Morgan fingerprint density at radius 1 is 0.400 bits per heavy atom. The highest BCUT2D eigenvalue weighted by molar-refractivity contribution is 5.92. The highest BCUT2D eigenvalue weighted by Gasteiger charge is 2.14. The van der Waals surface area contributed by atoms with Gasteiger partial charge in [-0.25, -0.2) is 15.0 Å². The van der Waals surface area contributed by atoms with Crippen LogP contribution in [0.2, 0.25) is 0 Å². The Morgan fingerprint density at radius 2 is 0.927 bits per heavy atom. The molecular formula is C50H33N5. The molecule has 0 bridgehead atoms. The van der Waals surface area contributed by atoms with Gasteiger partial charge in [0.15, 0.2) is 17.5 Å². The Labute approximate surface area is 320 Å². The second-order valence-corrected chi connectivity index (χ2v) is 13.5. The van der Waals surface area contributed by atoms with Crippen molar-refractivity contribution < 1.29 is 0 Å². The molecule has 258 valence electrons. The number of hydrogen-bond acceptors (Lipinski definition) is 5. The molecule has 0 saturated carbocycles. The van der Waals surface area contributed by atoms with Crippen LogP contribution >= 0.6 is 0 Å². The first-order valence-corrected chi connectivity index (χ1v) is 18.2. The lowest BCUT2D eigenvalue weighted by molar-refractivity contribution is 1.07. The first-order valence-electron chi connectivity index (χ1n) is 18.2. The summed E-state index contributed by atoms with van der Waals surface area (Å²) in [5, 5.41) is 12.3. The summed E-state index contributed by atoms with van der Waals surface area (Å²) in [5.41, 5.74) is 12.9. The van der Waals surface area contributed by atoms with E-state index in [1.165, 1.54) is 0 Å². The van der Waals surface area contributed by atoms with Gasteiger partial charge in [-0.2, -0.15) is 5.26 Å². The van der Waals surface area contributed by atoms with Crippen molar-refractivity contribution in [2.75, 3.05) is 0 Å². The maximum absolute atomic E-state index is 10.0. The summed E-state index contributed by atoms with van der Waals surface area (Å²) in [5.74, 6) is 1.90. The van der Waals surface area contributed by atoms with E-state index in [9.17, 15) is 5.26 Å². The minimum atomic E-state index is 0.625. The van der Waals surface area contributed by atoms with Gasteiger partial charge in [0.05, 0.1) is 17.3 Å². The quantitative estimate of drug-likeness (QED) is 0.165. The molecule has 9 aromatic rings. The fraction of sp³-hybridized carbons (Fsp3) is 0.0200. The van der Waals surface area contributed by atoms with Crippen LogP contribution in [0.25, 0.3) is 89.6 Å². The van der Waals surface area contributed by atoms with Crippen LogP contribution in [-0.4, -0.2) is 19.9 Å². The van der Waals surface area contributed by atoms with Crippen LogP contribution in [0.3, 0.4) is 0 Å². The molecule has 0 N–H and O–H groups in total. The van der Waals surface area contributed by atoms with E-state index in [1.54, 1.807) is 0 Å². The van der Waals surface area contributed by atoms with Gasteiger partial charge in [-0.15, -0.1) is 0 Å². The number of hydrogen-bond donors (Lipinski definition) is 0. The van der Waals surface area contributed by atoms with Crippen molar-refractivity contribution >= 4 is 10.8 Å². The lowest BCUT2D eigenvalue weighted by atomic mass is 9.92. The van der Waals surface area contributed by atoms with Crippen molar-refractivity contribution in [3.8, 4) is 84.9 Å². The third kappa shape index (κ3) is 6.89. The molecule has 0 unspecified atom stereocenters. The Balaban J connectivity index is 1.04. The van der Waals surface area contributed by atoms with Crippen LogP contribution in [0, 0.1) is 18.3 Å². The van der Waals surface area contributed by atoms with Gasteiger partial charge in [-0.1, -0.05) is 127 Å². The molecule has 7 aromatic carbocycles. The van der Waals surface area contributed by atoms with E-state index >= 15 is 0 Å². The number of aryl methyl sites for hydroxylation is 1. The molecule has 0 saturated heterocycles. The predicted molar refractivity (Wildman–Crippen MR) is 223 cm³/mol. The molecule has 2 heterocycles. The molecule has 0 spiro atoms. The van der Waals surface area contributed by atoms with Gasteiger partial charge < -0.3 is 0 Å². The maximum atomic E-state index is 10.0. The topological polar surface area (TPSA) is 75.3 Å². The van der Waals surface area contributed by atoms with E-state index in [4.69, 9.17) is 15.0 Å². The molecule has 0 amide bonds. The highest BCUT2D eigenvalue weighted by atomic mass is 15.0. The monoisotopic (exact) mass is 703 g/mol. The van der Waals surface area contributed by atoms with Crippen LogP contribution in [-0.2, 0) is 0 Å². The van der Waals surface area contributed by atoms with E-state index in [0.717, 1.165) is 77.7 Å². The van der Waals surface area contributed by atoms with Gasteiger partial charge in [-0.3, -0.25) is 4.98 Å². The Bertz CT molecular complexity index is 2800. The van der Waals surface area contributed by atoms with Crippen molar-refractivity contribution in [1.82, 2.24) is 19.9 Å². The van der Waals surface area contributed by atoms with Crippen molar-refractivity contribution in [3.05, 3.63) is 193 Å². The molecule has 0 radical (unpaired) electrons. The van der Waals surface area contributed by atoms with Crippen molar-refractivity contribution in [2.45, 2.75) is 6.92 Å².